The largest absolute Gasteiger partial charge is 0.387 e. The number of aliphatic hydroxyl groups excluding tert-OH is 1. The fourth-order valence-corrected chi connectivity index (χ4v) is 0.952. The number of nitrogens with two attached hydrogens (primary N) is 1. The summed E-state index contributed by atoms with van der Waals surface area (Å²) in [5.74, 6) is 0. The average molecular weight is 152 g/mol. The summed E-state index contributed by atoms with van der Waals surface area (Å²) in [7, 11) is 0. The molecule has 3 nitrogen and oxygen atoms in total. The van der Waals surface area contributed by atoms with Crippen molar-refractivity contribution in [3.05, 3.63) is 29.6 Å². The van der Waals surface area contributed by atoms with Crippen LogP contribution in [0.15, 0.2) is 18.5 Å². The van der Waals surface area contributed by atoms with Crippen LogP contribution >= 0.6 is 0 Å². The lowest BCUT2D eigenvalue weighted by Gasteiger charge is -2.09. The zero-order valence-corrected chi connectivity index (χ0v) is 6.49. The summed E-state index contributed by atoms with van der Waals surface area (Å²) in [5, 5.41) is 9.35. The Morgan fingerprint density at radius 3 is 3.00 bits per heavy atom. The number of rotatable bonds is 2. The maximum Gasteiger partial charge on any atom is 0.0929 e. The lowest BCUT2D eigenvalue weighted by Crippen LogP contribution is -2.12. The molecule has 1 atom stereocenters. The SMILES string of the molecule is Cc1ccncc1C(O)CN. The molecule has 0 radical (unpaired) electrons. The van der Waals surface area contributed by atoms with E-state index in [0.29, 0.717) is 0 Å². The second-order valence-electron chi connectivity index (χ2n) is 2.48. The number of nitrogens with zero attached hydrogens (tertiary/aromatic N) is 1. The fraction of sp³-hybridized carbons (Fsp3) is 0.375. The quantitative estimate of drug-likeness (QED) is 0.644. The molecule has 1 unspecified atom stereocenters. The van der Waals surface area contributed by atoms with E-state index < -0.39 is 6.10 Å². The molecule has 3 N–H and O–H groups in total. The molecule has 3 heteroatoms. The van der Waals surface area contributed by atoms with Gasteiger partial charge in [0.25, 0.3) is 0 Å². The van der Waals surface area contributed by atoms with E-state index in [-0.39, 0.29) is 6.54 Å². The first-order valence-electron chi connectivity index (χ1n) is 3.54. The van der Waals surface area contributed by atoms with Gasteiger partial charge in [-0.15, -0.1) is 0 Å². The van der Waals surface area contributed by atoms with Crippen molar-refractivity contribution >= 4 is 0 Å². The van der Waals surface area contributed by atoms with Crippen molar-refractivity contribution in [3.8, 4) is 0 Å². The molecule has 0 aliphatic rings. The fourth-order valence-electron chi connectivity index (χ4n) is 0.952. The van der Waals surface area contributed by atoms with E-state index in [1.165, 1.54) is 0 Å². The molecule has 1 rings (SSSR count). The summed E-state index contributed by atoms with van der Waals surface area (Å²) in [5.41, 5.74) is 7.14. The number of aryl methyl sites for hydroxylation is 1. The van der Waals surface area contributed by atoms with E-state index in [1.807, 2.05) is 13.0 Å². The van der Waals surface area contributed by atoms with E-state index in [9.17, 15) is 5.11 Å². The molecule has 0 amide bonds. The van der Waals surface area contributed by atoms with Crippen molar-refractivity contribution in [1.29, 1.82) is 0 Å². The topological polar surface area (TPSA) is 59.1 Å². The van der Waals surface area contributed by atoms with E-state index in [1.54, 1.807) is 12.4 Å². The molecular formula is C8H12N2O. The van der Waals surface area contributed by atoms with Gasteiger partial charge in [-0.05, 0) is 18.6 Å². The van der Waals surface area contributed by atoms with Crippen LogP contribution in [0.5, 0.6) is 0 Å². The second kappa shape index (κ2) is 3.46. The number of hydrogen-bond acceptors (Lipinski definition) is 3. The third-order valence-electron chi connectivity index (χ3n) is 1.66. The highest BCUT2D eigenvalue weighted by Gasteiger charge is 2.06. The average Bonchev–Trinajstić information content (AvgIpc) is 2.04. The van der Waals surface area contributed by atoms with Gasteiger partial charge in [-0.1, -0.05) is 0 Å². The van der Waals surface area contributed by atoms with Crippen LogP contribution in [0.25, 0.3) is 0 Å². The van der Waals surface area contributed by atoms with Gasteiger partial charge in [-0.3, -0.25) is 4.98 Å². The summed E-state index contributed by atoms with van der Waals surface area (Å²) in [6.07, 6.45) is 2.76. The summed E-state index contributed by atoms with van der Waals surface area (Å²) in [6.45, 7) is 2.17. The van der Waals surface area contributed by atoms with Crippen LogP contribution in [0.4, 0.5) is 0 Å². The molecule has 0 aromatic carbocycles. The molecule has 0 aliphatic heterocycles. The predicted molar refractivity (Wildman–Crippen MR) is 43.0 cm³/mol. The zero-order chi connectivity index (χ0) is 8.27. The summed E-state index contributed by atoms with van der Waals surface area (Å²) in [4.78, 5) is 3.90. The van der Waals surface area contributed by atoms with E-state index in [4.69, 9.17) is 5.73 Å². The van der Waals surface area contributed by atoms with Gasteiger partial charge in [-0.25, -0.2) is 0 Å². The van der Waals surface area contributed by atoms with E-state index in [2.05, 4.69) is 4.98 Å². The Morgan fingerprint density at radius 2 is 2.45 bits per heavy atom. The Morgan fingerprint density at radius 1 is 1.73 bits per heavy atom. The van der Waals surface area contributed by atoms with Crippen LogP contribution in [0, 0.1) is 6.92 Å². The number of pyridine rings is 1. The first-order chi connectivity index (χ1) is 5.25. The molecule has 0 aliphatic carbocycles. The van der Waals surface area contributed by atoms with Gasteiger partial charge in [0.2, 0.25) is 0 Å². The molecule has 0 fully saturated rings. The minimum absolute atomic E-state index is 0.243. The van der Waals surface area contributed by atoms with Crippen LogP contribution in [-0.2, 0) is 0 Å². The molecule has 0 bridgehead atoms. The molecule has 1 aromatic heterocycles. The van der Waals surface area contributed by atoms with Gasteiger partial charge in [0.1, 0.15) is 0 Å². The van der Waals surface area contributed by atoms with Crippen LogP contribution in [0.1, 0.15) is 17.2 Å². The highest BCUT2D eigenvalue weighted by Crippen LogP contribution is 2.13. The van der Waals surface area contributed by atoms with Gasteiger partial charge < -0.3 is 10.8 Å². The summed E-state index contributed by atoms with van der Waals surface area (Å²) >= 11 is 0. The Balaban J connectivity index is 2.93. The Hall–Kier alpha value is -0.930. The standard InChI is InChI=1S/C8H12N2O/c1-6-2-3-10-5-7(6)8(11)4-9/h2-3,5,8,11H,4,9H2,1H3. The molecule has 1 heterocycles. The minimum Gasteiger partial charge on any atom is -0.387 e. The van der Waals surface area contributed by atoms with Crippen molar-refractivity contribution < 1.29 is 5.11 Å². The maximum absolute atomic E-state index is 9.35. The van der Waals surface area contributed by atoms with Crippen molar-refractivity contribution in [1.82, 2.24) is 4.98 Å². The Bertz CT molecular complexity index is 237. The predicted octanol–water partition coefficient (Wildman–Crippen LogP) is 0.382. The molecule has 11 heavy (non-hydrogen) atoms. The van der Waals surface area contributed by atoms with Gasteiger partial charge in [0, 0.05) is 24.5 Å². The van der Waals surface area contributed by atoms with Crippen LogP contribution in [0.3, 0.4) is 0 Å². The van der Waals surface area contributed by atoms with Crippen molar-refractivity contribution in [2.75, 3.05) is 6.54 Å². The monoisotopic (exact) mass is 152 g/mol. The molecular weight excluding hydrogens is 140 g/mol. The first kappa shape index (κ1) is 8.17. The smallest absolute Gasteiger partial charge is 0.0929 e. The lowest BCUT2D eigenvalue weighted by atomic mass is 10.1. The van der Waals surface area contributed by atoms with Crippen LogP contribution < -0.4 is 5.73 Å². The number of hydrogen-bond donors (Lipinski definition) is 2. The number of aliphatic hydroxyl groups is 1. The number of aromatic nitrogens is 1. The third kappa shape index (κ3) is 1.76. The second-order valence-corrected chi connectivity index (χ2v) is 2.48. The van der Waals surface area contributed by atoms with Crippen molar-refractivity contribution in [2.24, 2.45) is 5.73 Å². The molecule has 0 spiro atoms. The molecule has 1 aromatic rings. The van der Waals surface area contributed by atoms with Crippen LogP contribution in [0.2, 0.25) is 0 Å². The van der Waals surface area contributed by atoms with Crippen molar-refractivity contribution in [2.45, 2.75) is 13.0 Å². The Kier molecular flexibility index (Phi) is 2.57. The molecule has 60 valence electrons. The van der Waals surface area contributed by atoms with Gasteiger partial charge >= 0.3 is 0 Å². The van der Waals surface area contributed by atoms with Gasteiger partial charge in [0.05, 0.1) is 6.10 Å². The van der Waals surface area contributed by atoms with E-state index in [0.717, 1.165) is 11.1 Å². The molecule has 0 saturated heterocycles. The molecule has 0 saturated carbocycles. The first-order valence-corrected chi connectivity index (χ1v) is 3.54. The zero-order valence-electron chi connectivity index (χ0n) is 6.49. The maximum atomic E-state index is 9.35. The van der Waals surface area contributed by atoms with Crippen molar-refractivity contribution in [3.63, 3.8) is 0 Å². The van der Waals surface area contributed by atoms with Gasteiger partial charge in [-0.2, -0.15) is 0 Å². The Labute approximate surface area is 65.9 Å². The highest BCUT2D eigenvalue weighted by molar-refractivity contribution is 5.23. The highest BCUT2D eigenvalue weighted by atomic mass is 16.3. The summed E-state index contributed by atoms with van der Waals surface area (Å²) < 4.78 is 0. The minimum atomic E-state index is -0.580. The lowest BCUT2D eigenvalue weighted by molar-refractivity contribution is 0.185. The summed E-state index contributed by atoms with van der Waals surface area (Å²) in [6, 6.07) is 1.86. The normalized spacial score (nSPS) is 13.0. The van der Waals surface area contributed by atoms with E-state index >= 15 is 0 Å². The third-order valence-corrected chi connectivity index (χ3v) is 1.66. The van der Waals surface area contributed by atoms with Gasteiger partial charge in [0.15, 0.2) is 0 Å². The van der Waals surface area contributed by atoms with Crippen LogP contribution in [-0.4, -0.2) is 16.6 Å².